The first-order valence-corrected chi connectivity index (χ1v) is 9.61. The number of likely N-dealkylation sites (tertiary alicyclic amines) is 1. The van der Waals surface area contributed by atoms with E-state index in [1.807, 2.05) is 19.9 Å². The molecule has 1 spiro atoms. The van der Waals surface area contributed by atoms with Crippen molar-refractivity contribution >= 4 is 23.3 Å². The molecule has 0 aromatic heterocycles. The number of ketones is 1. The van der Waals surface area contributed by atoms with E-state index in [4.69, 9.17) is 25.8 Å². The van der Waals surface area contributed by atoms with Crippen molar-refractivity contribution in [1.29, 1.82) is 0 Å². The monoisotopic (exact) mass is 395 g/mol. The van der Waals surface area contributed by atoms with Crippen molar-refractivity contribution in [3.63, 3.8) is 0 Å². The molecule has 0 N–H and O–H groups in total. The van der Waals surface area contributed by atoms with Crippen molar-refractivity contribution in [2.24, 2.45) is 0 Å². The molecule has 2 heterocycles. The lowest BCUT2D eigenvalue weighted by atomic mass is 9.81. The van der Waals surface area contributed by atoms with Gasteiger partial charge in [0.1, 0.15) is 18.0 Å². The van der Waals surface area contributed by atoms with Crippen LogP contribution >= 0.6 is 11.6 Å². The summed E-state index contributed by atoms with van der Waals surface area (Å²) >= 11 is 6.30. The van der Waals surface area contributed by atoms with Gasteiger partial charge >= 0.3 is 0 Å². The number of aryl methyl sites for hydroxylation is 1. The minimum atomic E-state index is -0.537. The van der Waals surface area contributed by atoms with Gasteiger partial charge in [0.25, 0.3) is 0 Å². The van der Waals surface area contributed by atoms with Crippen LogP contribution in [0.3, 0.4) is 0 Å². The van der Waals surface area contributed by atoms with E-state index in [-0.39, 0.29) is 18.3 Å². The molecule has 0 unspecified atom stereocenters. The van der Waals surface area contributed by atoms with Gasteiger partial charge in [-0.2, -0.15) is 0 Å². The first-order valence-electron chi connectivity index (χ1n) is 9.23. The number of nitrogens with zero attached hydrogens (tertiary/aromatic N) is 1. The third-order valence-electron chi connectivity index (χ3n) is 5.42. The highest BCUT2D eigenvalue weighted by molar-refractivity contribution is 6.32. The fraction of sp³-hybridized carbons (Fsp3) is 0.600. The molecule has 1 amide bonds. The van der Waals surface area contributed by atoms with Crippen LogP contribution in [-0.4, -0.2) is 62.2 Å². The number of halogens is 1. The molecule has 0 atom stereocenters. The van der Waals surface area contributed by atoms with Gasteiger partial charge in [0.2, 0.25) is 5.91 Å². The second kappa shape index (κ2) is 8.17. The van der Waals surface area contributed by atoms with Gasteiger partial charge < -0.3 is 19.1 Å². The number of ether oxygens (including phenoxy) is 3. The molecule has 1 aromatic rings. The summed E-state index contributed by atoms with van der Waals surface area (Å²) in [7, 11) is 1.59. The number of fused-ring (bicyclic) bond motifs is 1. The van der Waals surface area contributed by atoms with Gasteiger partial charge in [-0.3, -0.25) is 9.59 Å². The third-order valence-corrected chi connectivity index (χ3v) is 6.00. The number of carbonyl (C=O) groups excluding carboxylic acids is 2. The lowest BCUT2D eigenvalue weighted by Crippen LogP contribution is -2.53. The zero-order chi connectivity index (χ0) is 19.6. The Kier molecular flexibility index (Phi) is 6.08. The molecule has 2 aliphatic rings. The first-order chi connectivity index (χ1) is 12.9. The van der Waals surface area contributed by atoms with Crippen molar-refractivity contribution in [1.82, 2.24) is 4.90 Å². The van der Waals surface area contributed by atoms with Crippen LogP contribution in [0.4, 0.5) is 0 Å². The van der Waals surface area contributed by atoms with Crippen LogP contribution in [0, 0.1) is 13.8 Å². The van der Waals surface area contributed by atoms with E-state index in [9.17, 15) is 9.59 Å². The average molecular weight is 396 g/mol. The minimum Gasteiger partial charge on any atom is -0.486 e. The van der Waals surface area contributed by atoms with Gasteiger partial charge in [-0.25, -0.2) is 0 Å². The molecular formula is C20H26ClNO5. The van der Waals surface area contributed by atoms with Crippen LogP contribution in [0.2, 0.25) is 5.02 Å². The number of Topliss-reactive ketones (excluding diaryl/α,β-unsaturated/α-hetero) is 1. The molecule has 3 rings (SSSR count). The maximum Gasteiger partial charge on any atom is 0.248 e. The largest absolute Gasteiger partial charge is 0.486 e. The number of carbonyl (C=O) groups is 2. The Bertz CT molecular complexity index is 740. The summed E-state index contributed by atoms with van der Waals surface area (Å²) in [6.45, 7) is 5.80. The Balaban J connectivity index is 1.65. The molecule has 0 radical (unpaired) electrons. The number of hydrogen-bond donors (Lipinski definition) is 0. The van der Waals surface area contributed by atoms with Crippen molar-refractivity contribution in [2.45, 2.75) is 38.7 Å². The number of amides is 1. The van der Waals surface area contributed by atoms with E-state index in [0.29, 0.717) is 61.9 Å². The van der Waals surface area contributed by atoms with Crippen LogP contribution < -0.4 is 4.74 Å². The maximum atomic E-state index is 12.8. The van der Waals surface area contributed by atoms with Gasteiger partial charge in [-0.15, -0.1) is 0 Å². The van der Waals surface area contributed by atoms with Crippen LogP contribution in [0.1, 0.15) is 40.7 Å². The normalized spacial score (nSPS) is 18.4. The van der Waals surface area contributed by atoms with Gasteiger partial charge in [0.05, 0.1) is 25.2 Å². The summed E-state index contributed by atoms with van der Waals surface area (Å²) in [5.74, 6) is 0.647. The highest BCUT2D eigenvalue weighted by Crippen LogP contribution is 2.43. The highest BCUT2D eigenvalue weighted by atomic mass is 35.5. The topological polar surface area (TPSA) is 65.1 Å². The Morgan fingerprint density at radius 2 is 2.00 bits per heavy atom. The van der Waals surface area contributed by atoms with Gasteiger partial charge in [0, 0.05) is 38.1 Å². The first kappa shape index (κ1) is 20.1. The molecule has 1 fully saturated rings. The lowest BCUT2D eigenvalue weighted by Gasteiger charge is -2.44. The molecule has 0 saturated carbocycles. The number of methoxy groups -OCH3 is 1. The summed E-state index contributed by atoms with van der Waals surface area (Å²) < 4.78 is 16.5. The molecule has 1 saturated heterocycles. The molecule has 27 heavy (non-hydrogen) atoms. The second-order valence-corrected chi connectivity index (χ2v) is 7.69. The van der Waals surface area contributed by atoms with Crippen molar-refractivity contribution in [2.75, 3.05) is 40.0 Å². The average Bonchev–Trinajstić information content (AvgIpc) is 2.63. The highest BCUT2D eigenvalue weighted by Gasteiger charge is 2.44. The zero-order valence-corrected chi connectivity index (χ0v) is 16.9. The molecule has 7 heteroatoms. The summed E-state index contributed by atoms with van der Waals surface area (Å²) in [6, 6.07) is 1.85. The Labute approximate surface area is 164 Å². The molecular weight excluding hydrogens is 370 g/mol. The smallest absolute Gasteiger partial charge is 0.248 e. The summed E-state index contributed by atoms with van der Waals surface area (Å²) in [6.07, 6.45) is 1.58. The quantitative estimate of drug-likeness (QED) is 0.717. The molecule has 0 bridgehead atoms. The van der Waals surface area contributed by atoms with E-state index in [1.54, 1.807) is 12.0 Å². The van der Waals surface area contributed by atoms with Crippen molar-refractivity contribution < 1.29 is 23.8 Å². The third kappa shape index (κ3) is 4.13. The fourth-order valence-electron chi connectivity index (χ4n) is 3.84. The van der Waals surface area contributed by atoms with Gasteiger partial charge in [0.15, 0.2) is 5.78 Å². The standard InChI is InChI=1S/C20H26ClNO5/c1-13-10-16-18(14(2)19(13)21)15(23)11-20(27-16)4-6-22(7-5-20)17(24)12-26-9-8-25-3/h10H,4-9,11-12H2,1-3H3. The van der Waals surface area contributed by atoms with E-state index in [0.717, 1.165) is 11.1 Å². The predicted molar refractivity (Wildman–Crippen MR) is 102 cm³/mol. The van der Waals surface area contributed by atoms with Gasteiger partial charge in [-0.1, -0.05) is 11.6 Å². The molecule has 6 nitrogen and oxygen atoms in total. The summed E-state index contributed by atoms with van der Waals surface area (Å²) in [5.41, 5.74) is 1.75. The van der Waals surface area contributed by atoms with Crippen LogP contribution in [0.25, 0.3) is 0 Å². The Morgan fingerprint density at radius 1 is 1.30 bits per heavy atom. The summed E-state index contributed by atoms with van der Waals surface area (Å²) in [5, 5.41) is 0.621. The van der Waals surface area contributed by atoms with Crippen LogP contribution in [0.15, 0.2) is 6.07 Å². The zero-order valence-electron chi connectivity index (χ0n) is 16.1. The minimum absolute atomic E-state index is 0.0399. The molecule has 1 aromatic carbocycles. The molecule has 2 aliphatic heterocycles. The Morgan fingerprint density at radius 3 is 2.67 bits per heavy atom. The molecule has 148 valence electrons. The number of rotatable bonds is 5. The maximum absolute atomic E-state index is 12.8. The van der Waals surface area contributed by atoms with E-state index in [1.165, 1.54) is 0 Å². The van der Waals surface area contributed by atoms with E-state index >= 15 is 0 Å². The van der Waals surface area contributed by atoms with E-state index in [2.05, 4.69) is 0 Å². The lowest BCUT2D eigenvalue weighted by molar-refractivity contribution is -0.140. The second-order valence-electron chi connectivity index (χ2n) is 7.32. The molecule has 0 aliphatic carbocycles. The van der Waals surface area contributed by atoms with Crippen LogP contribution in [0.5, 0.6) is 5.75 Å². The number of hydrogen-bond acceptors (Lipinski definition) is 5. The van der Waals surface area contributed by atoms with Gasteiger partial charge in [-0.05, 0) is 31.0 Å². The van der Waals surface area contributed by atoms with E-state index < -0.39 is 5.60 Å². The fourth-order valence-corrected chi connectivity index (χ4v) is 3.98. The van der Waals surface area contributed by atoms with Crippen molar-refractivity contribution in [3.05, 3.63) is 27.8 Å². The number of benzene rings is 1. The SMILES string of the molecule is COCCOCC(=O)N1CCC2(CC1)CC(=O)c1c(cc(C)c(Cl)c1C)O2. The predicted octanol–water partition coefficient (Wildman–Crippen LogP) is 2.95. The van der Waals surface area contributed by atoms with Crippen LogP contribution in [-0.2, 0) is 14.3 Å². The Hall–Kier alpha value is -1.63. The summed E-state index contributed by atoms with van der Waals surface area (Å²) in [4.78, 5) is 26.8. The van der Waals surface area contributed by atoms with Crippen molar-refractivity contribution in [3.8, 4) is 5.75 Å². The number of piperidine rings is 1.